The second-order valence-electron chi connectivity index (χ2n) is 15.5. The van der Waals surface area contributed by atoms with E-state index in [2.05, 4.69) is 54.7 Å². The van der Waals surface area contributed by atoms with Crippen LogP contribution in [0.2, 0.25) is 0 Å². The van der Waals surface area contributed by atoms with E-state index in [9.17, 15) is 14.4 Å². The number of carbonyl (C=O) groups excluding carboxylic acids is 3. The molecule has 0 aromatic carbocycles. The van der Waals surface area contributed by atoms with Crippen LogP contribution in [0.4, 0.5) is 0 Å². The van der Waals surface area contributed by atoms with Crippen LogP contribution in [0.3, 0.4) is 0 Å². The van der Waals surface area contributed by atoms with Crippen molar-refractivity contribution in [3.8, 4) is 0 Å². The number of hydrogen-bond donors (Lipinski definition) is 0. The summed E-state index contributed by atoms with van der Waals surface area (Å²) >= 11 is 0. The summed E-state index contributed by atoms with van der Waals surface area (Å²) in [5, 5.41) is 0. The molecule has 55 heavy (non-hydrogen) atoms. The van der Waals surface area contributed by atoms with Gasteiger partial charge in [0.25, 0.3) is 6.47 Å². The molecule has 0 rings (SSSR count). The quantitative estimate of drug-likeness (QED) is 0.0265. The Balaban J connectivity index is -0.000000942. The number of unbranched alkanes of at least 4 members (excludes halogenated alkanes) is 23. The molecule has 0 aliphatic carbocycles. The van der Waals surface area contributed by atoms with Gasteiger partial charge in [0.1, 0.15) is 6.29 Å². The lowest BCUT2D eigenvalue weighted by atomic mass is 10.1. The third-order valence-corrected chi connectivity index (χ3v) is 9.52. The number of ether oxygens (including phenoxy) is 2. The molecule has 0 spiro atoms. The first-order chi connectivity index (χ1) is 26.9. The summed E-state index contributed by atoms with van der Waals surface area (Å²) in [6.07, 6.45) is 48.6. The highest BCUT2D eigenvalue weighted by molar-refractivity contribution is 5.69. The van der Waals surface area contributed by atoms with Gasteiger partial charge in [-0.25, -0.2) is 0 Å². The van der Waals surface area contributed by atoms with E-state index in [0.717, 1.165) is 45.1 Å². The van der Waals surface area contributed by atoms with Gasteiger partial charge in [-0.3, -0.25) is 9.59 Å². The van der Waals surface area contributed by atoms with Crippen LogP contribution in [0.5, 0.6) is 0 Å². The summed E-state index contributed by atoms with van der Waals surface area (Å²) in [5.74, 6) is -0.0698. The highest BCUT2D eigenvalue weighted by atomic mass is 16.5. The lowest BCUT2D eigenvalue weighted by Gasteiger charge is -2.15. The maximum absolute atomic E-state index is 11.8. The monoisotopic (exact) mass is 779 g/mol. The van der Waals surface area contributed by atoms with E-state index < -0.39 is 0 Å². The van der Waals surface area contributed by atoms with Crippen LogP contribution in [0.1, 0.15) is 213 Å². The minimum atomic E-state index is -0.0698. The molecule has 326 valence electrons. The van der Waals surface area contributed by atoms with Crippen molar-refractivity contribution in [2.45, 2.75) is 213 Å². The molecule has 7 heteroatoms. The molecule has 0 saturated carbocycles. The van der Waals surface area contributed by atoms with E-state index in [-0.39, 0.29) is 5.97 Å². The molecule has 0 heterocycles. The van der Waals surface area contributed by atoms with E-state index in [1.54, 1.807) is 0 Å². The smallest absolute Gasteiger partial charge is 0.305 e. The molecule has 0 aromatic heterocycles. The normalized spacial score (nSPS) is 11.1. The summed E-state index contributed by atoms with van der Waals surface area (Å²) in [7, 11) is 5.73. The zero-order valence-corrected chi connectivity index (χ0v) is 37.6. The van der Waals surface area contributed by atoms with E-state index in [0.29, 0.717) is 32.7 Å². The Bertz CT molecular complexity index is 783. The molecule has 0 saturated heterocycles. The Morgan fingerprint density at radius 1 is 0.473 bits per heavy atom. The average molecular weight is 779 g/mol. The number of rotatable bonds is 40. The zero-order chi connectivity index (χ0) is 41.1. The second-order valence-corrected chi connectivity index (χ2v) is 15.5. The standard InChI is InChI=1S/C26H49NO4.C18H36.C4H9NO/c1-3-4-5-6-7-8-9-10-11-12-13-14-15-16-17-20-26(29)31-24-19-22-27(2)21-18-23-30-25-28;1-3-5-7-9-11-13-15-17-18-16-14-12-10-8-6-4-2;1-5(2)3-4-6/h10-11,25H,3-9,12-24H2,1-2H3;17-18H,3-16H2,1-2H3;4H,3H2,1-2H3/b11-10-;18-17-;. The minimum Gasteiger partial charge on any atom is -0.468 e. The highest BCUT2D eigenvalue weighted by Crippen LogP contribution is 2.11. The fourth-order valence-corrected chi connectivity index (χ4v) is 5.98. The zero-order valence-electron chi connectivity index (χ0n) is 37.6. The highest BCUT2D eigenvalue weighted by Gasteiger charge is 2.04. The van der Waals surface area contributed by atoms with Gasteiger partial charge in [0.2, 0.25) is 0 Å². The van der Waals surface area contributed by atoms with Gasteiger partial charge in [0.15, 0.2) is 0 Å². The summed E-state index contributed by atoms with van der Waals surface area (Å²) < 4.78 is 9.97. The maximum Gasteiger partial charge on any atom is 0.305 e. The molecule has 0 aliphatic rings. The molecule has 0 radical (unpaired) electrons. The molecule has 0 bridgehead atoms. The van der Waals surface area contributed by atoms with Crippen molar-refractivity contribution in [3.05, 3.63) is 24.3 Å². The van der Waals surface area contributed by atoms with Gasteiger partial charge in [0.05, 0.1) is 19.8 Å². The Kier molecular flexibility index (Phi) is 56.4. The SMILES string of the molecule is CCCCCCCC/C=C\CCCCCCCC.CCCCCCCC/C=C\CCCCCCCC(=O)OCCCN(C)CCCOC=O.CN(C)CC=O. The van der Waals surface area contributed by atoms with Gasteiger partial charge in [-0.15, -0.1) is 0 Å². The summed E-state index contributed by atoms with van der Waals surface area (Å²) in [4.78, 5) is 35.4. The summed E-state index contributed by atoms with van der Waals surface area (Å²) in [5.41, 5.74) is 0. The summed E-state index contributed by atoms with van der Waals surface area (Å²) in [6, 6.07) is 0. The lowest BCUT2D eigenvalue weighted by molar-refractivity contribution is -0.144. The van der Waals surface area contributed by atoms with Crippen LogP contribution in [0.15, 0.2) is 24.3 Å². The van der Waals surface area contributed by atoms with Gasteiger partial charge in [-0.2, -0.15) is 0 Å². The van der Waals surface area contributed by atoms with E-state index >= 15 is 0 Å². The third kappa shape index (κ3) is 61.4. The number of carbonyl (C=O) groups is 3. The Hall–Kier alpha value is -1.99. The van der Waals surface area contributed by atoms with Crippen molar-refractivity contribution in [1.82, 2.24) is 9.80 Å². The van der Waals surface area contributed by atoms with Crippen LogP contribution in [0.25, 0.3) is 0 Å². The predicted octanol–water partition coefficient (Wildman–Crippen LogP) is 13.2. The average Bonchev–Trinajstić information content (AvgIpc) is 3.17. The van der Waals surface area contributed by atoms with Gasteiger partial charge in [0, 0.05) is 19.5 Å². The van der Waals surface area contributed by atoms with Crippen LogP contribution in [-0.4, -0.2) is 82.5 Å². The molecule has 7 nitrogen and oxygen atoms in total. The van der Waals surface area contributed by atoms with Crippen LogP contribution >= 0.6 is 0 Å². The fraction of sp³-hybridized carbons (Fsp3) is 0.854. The molecule has 0 unspecified atom stereocenters. The molecule has 0 aromatic rings. The van der Waals surface area contributed by atoms with Gasteiger partial charge < -0.3 is 24.1 Å². The number of likely N-dealkylation sites (N-methyl/N-ethyl adjacent to an activating group) is 1. The first-order valence-corrected chi connectivity index (χ1v) is 23.2. The van der Waals surface area contributed by atoms with E-state index in [4.69, 9.17) is 4.74 Å². The number of nitrogens with zero attached hydrogens (tertiary/aromatic N) is 2. The number of hydrogen-bond acceptors (Lipinski definition) is 7. The van der Waals surface area contributed by atoms with Gasteiger partial charge >= 0.3 is 5.97 Å². The number of aldehydes is 1. The van der Waals surface area contributed by atoms with Crippen molar-refractivity contribution in [2.24, 2.45) is 0 Å². The molecular weight excluding hydrogens is 685 g/mol. The van der Waals surface area contributed by atoms with Crippen LogP contribution < -0.4 is 0 Å². The first kappa shape index (κ1) is 57.3. The van der Waals surface area contributed by atoms with Crippen molar-refractivity contribution in [1.29, 1.82) is 0 Å². The van der Waals surface area contributed by atoms with Crippen molar-refractivity contribution in [3.63, 3.8) is 0 Å². The first-order valence-electron chi connectivity index (χ1n) is 23.2. The Morgan fingerprint density at radius 3 is 1.18 bits per heavy atom. The molecule has 0 aliphatic heterocycles. The van der Waals surface area contributed by atoms with E-state index in [1.807, 2.05) is 26.0 Å². The maximum atomic E-state index is 11.8. The largest absolute Gasteiger partial charge is 0.468 e. The second kappa shape index (κ2) is 54.1. The van der Waals surface area contributed by atoms with Gasteiger partial charge in [-0.05, 0) is 91.8 Å². The number of esters is 1. The number of allylic oxidation sites excluding steroid dienone is 4. The van der Waals surface area contributed by atoms with Crippen molar-refractivity contribution >= 4 is 18.7 Å². The van der Waals surface area contributed by atoms with Gasteiger partial charge in [-0.1, -0.05) is 161 Å². The van der Waals surface area contributed by atoms with Crippen LogP contribution in [0, 0.1) is 0 Å². The van der Waals surface area contributed by atoms with Crippen molar-refractivity contribution < 1.29 is 23.9 Å². The van der Waals surface area contributed by atoms with Crippen LogP contribution in [-0.2, 0) is 23.9 Å². The molecule has 0 amide bonds. The van der Waals surface area contributed by atoms with Crippen molar-refractivity contribution in [2.75, 3.05) is 54.0 Å². The Labute approximate surface area is 343 Å². The Morgan fingerprint density at radius 2 is 0.836 bits per heavy atom. The molecular formula is C48H94N2O5. The fourth-order valence-electron chi connectivity index (χ4n) is 5.98. The predicted molar refractivity (Wildman–Crippen MR) is 239 cm³/mol. The molecule has 0 atom stereocenters. The summed E-state index contributed by atoms with van der Waals surface area (Å²) in [6.45, 7) is 10.5. The minimum absolute atomic E-state index is 0.0698. The third-order valence-electron chi connectivity index (χ3n) is 9.52. The molecule has 0 N–H and O–H groups in total. The topological polar surface area (TPSA) is 76.2 Å². The lowest BCUT2D eigenvalue weighted by Crippen LogP contribution is -2.23. The molecule has 0 fully saturated rings. The van der Waals surface area contributed by atoms with E-state index in [1.165, 1.54) is 161 Å².